The summed E-state index contributed by atoms with van der Waals surface area (Å²) < 4.78 is 0. The van der Waals surface area contributed by atoms with Gasteiger partial charge in [-0.05, 0) is 51.1 Å². The Hall–Kier alpha value is -1.71. The van der Waals surface area contributed by atoms with E-state index in [1.807, 2.05) is 13.0 Å². The number of pyridine rings is 1. The van der Waals surface area contributed by atoms with Crippen LogP contribution in [0.15, 0.2) is 42.5 Å². The molecule has 112 valence electrons. The topological polar surface area (TPSA) is 42.1 Å². The zero-order chi connectivity index (χ0) is 15.4. The van der Waals surface area contributed by atoms with Crippen LogP contribution in [-0.4, -0.2) is 23.0 Å². The quantitative estimate of drug-likeness (QED) is 0.916. The van der Waals surface area contributed by atoms with Gasteiger partial charge < -0.3 is 5.73 Å². The van der Waals surface area contributed by atoms with E-state index in [1.165, 1.54) is 11.1 Å². The van der Waals surface area contributed by atoms with Gasteiger partial charge in [0.25, 0.3) is 0 Å². The highest BCUT2D eigenvalue weighted by Gasteiger charge is 2.22. The zero-order valence-electron chi connectivity index (χ0n) is 13.4. The van der Waals surface area contributed by atoms with E-state index in [0.717, 1.165) is 17.9 Å². The van der Waals surface area contributed by atoms with Crippen molar-refractivity contribution in [2.75, 3.05) is 7.05 Å². The summed E-state index contributed by atoms with van der Waals surface area (Å²) in [7, 11) is 2.12. The van der Waals surface area contributed by atoms with Gasteiger partial charge in [0, 0.05) is 24.3 Å². The molecule has 0 saturated heterocycles. The molecule has 0 radical (unpaired) electrons. The normalized spacial score (nSPS) is 14.2. The second-order valence-electron chi connectivity index (χ2n) is 5.85. The molecule has 3 heteroatoms. The van der Waals surface area contributed by atoms with Crippen molar-refractivity contribution in [2.45, 2.75) is 39.4 Å². The van der Waals surface area contributed by atoms with E-state index in [-0.39, 0.29) is 12.1 Å². The molecule has 3 nitrogen and oxygen atoms in total. The lowest BCUT2D eigenvalue weighted by atomic mass is 9.95. The minimum absolute atomic E-state index is 0.0564. The molecule has 0 bridgehead atoms. The average Bonchev–Trinajstić information content (AvgIpc) is 2.41. The van der Waals surface area contributed by atoms with Gasteiger partial charge in [0.05, 0.1) is 5.69 Å². The van der Waals surface area contributed by atoms with Crippen molar-refractivity contribution in [3.8, 4) is 0 Å². The fourth-order valence-electron chi connectivity index (χ4n) is 2.88. The highest BCUT2D eigenvalue weighted by molar-refractivity contribution is 5.30. The Bertz CT molecular complexity index is 593. The molecule has 1 heterocycles. The van der Waals surface area contributed by atoms with E-state index in [1.54, 1.807) is 0 Å². The Morgan fingerprint density at radius 2 is 1.81 bits per heavy atom. The summed E-state index contributed by atoms with van der Waals surface area (Å²) in [5.74, 6) is 0. The lowest BCUT2D eigenvalue weighted by Gasteiger charge is -2.32. The smallest absolute Gasteiger partial charge is 0.0547 e. The Morgan fingerprint density at radius 3 is 2.43 bits per heavy atom. The molecule has 21 heavy (non-hydrogen) atoms. The number of nitrogens with two attached hydrogens (primary N) is 1. The van der Waals surface area contributed by atoms with Gasteiger partial charge in [-0.2, -0.15) is 0 Å². The molecule has 1 aromatic carbocycles. The van der Waals surface area contributed by atoms with Crippen LogP contribution < -0.4 is 5.73 Å². The second-order valence-corrected chi connectivity index (χ2v) is 5.85. The molecule has 2 rings (SSSR count). The summed E-state index contributed by atoms with van der Waals surface area (Å²) in [6.45, 7) is 7.02. The van der Waals surface area contributed by atoms with Crippen LogP contribution >= 0.6 is 0 Å². The minimum atomic E-state index is 0.0564. The van der Waals surface area contributed by atoms with Crippen LogP contribution in [0.25, 0.3) is 0 Å². The number of likely N-dealkylation sites (N-methyl/N-ethyl adjacent to an activating group) is 1. The first-order valence-electron chi connectivity index (χ1n) is 7.43. The van der Waals surface area contributed by atoms with Gasteiger partial charge >= 0.3 is 0 Å². The maximum absolute atomic E-state index is 6.26. The summed E-state index contributed by atoms with van der Waals surface area (Å²) in [5.41, 5.74) is 11.0. The Balaban J connectivity index is 2.24. The van der Waals surface area contributed by atoms with Crippen molar-refractivity contribution in [2.24, 2.45) is 5.73 Å². The second kappa shape index (κ2) is 6.83. The van der Waals surface area contributed by atoms with Crippen LogP contribution in [-0.2, 0) is 6.54 Å². The molecule has 0 amide bonds. The fourth-order valence-corrected chi connectivity index (χ4v) is 2.88. The number of hydrogen-bond acceptors (Lipinski definition) is 3. The van der Waals surface area contributed by atoms with Gasteiger partial charge in [-0.1, -0.05) is 30.3 Å². The summed E-state index contributed by atoms with van der Waals surface area (Å²) in [5, 5.41) is 0. The third kappa shape index (κ3) is 3.90. The van der Waals surface area contributed by atoms with Gasteiger partial charge in [-0.25, -0.2) is 0 Å². The lowest BCUT2D eigenvalue weighted by molar-refractivity contribution is 0.208. The van der Waals surface area contributed by atoms with Crippen LogP contribution in [0.5, 0.6) is 0 Å². The van der Waals surface area contributed by atoms with Crippen molar-refractivity contribution < 1.29 is 0 Å². The van der Waals surface area contributed by atoms with Crippen LogP contribution in [0.2, 0.25) is 0 Å². The van der Waals surface area contributed by atoms with Gasteiger partial charge in [0.15, 0.2) is 0 Å². The van der Waals surface area contributed by atoms with E-state index in [4.69, 9.17) is 5.73 Å². The highest BCUT2D eigenvalue weighted by Crippen LogP contribution is 2.26. The molecule has 2 unspecified atom stereocenters. The van der Waals surface area contributed by atoms with Crippen molar-refractivity contribution in [1.82, 2.24) is 9.88 Å². The zero-order valence-corrected chi connectivity index (χ0v) is 13.4. The van der Waals surface area contributed by atoms with Crippen LogP contribution in [0.3, 0.4) is 0 Å². The molecule has 0 aliphatic rings. The first-order valence-corrected chi connectivity index (χ1v) is 7.43. The Morgan fingerprint density at radius 1 is 1.10 bits per heavy atom. The van der Waals surface area contributed by atoms with Crippen LogP contribution in [0, 0.1) is 13.8 Å². The van der Waals surface area contributed by atoms with E-state index in [9.17, 15) is 0 Å². The molecule has 2 aromatic rings. The number of rotatable bonds is 5. The number of aromatic nitrogens is 1. The number of hydrogen-bond donors (Lipinski definition) is 1. The standard InChI is InChI=1S/C18H25N3/c1-13-8-5-6-11-17(13)18(15(3)19)21(4)12-16-10-7-9-14(2)20-16/h5-11,15,18H,12,19H2,1-4H3. The summed E-state index contributed by atoms with van der Waals surface area (Å²) in [6.07, 6.45) is 0. The van der Waals surface area contributed by atoms with Crippen LogP contribution in [0.1, 0.15) is 35.5 Å². The SMILES string of the molecule is Cc1cccc(CN(C)C(c2ccccc2C)C(C)N)n1. The molecular formula is C18H25N3. The maximum Gasteiger partial charge on any atom is 0.0547 e. The third-order valence-corrected chi connectivity index (χ3v) is 3.84. The molecule has 2 atom stereocenters. The van der Waals surface area contributed by atoms with Crippen molar-refractivity contribution in [3.05, 3.63) is 65.0 Å². The van der Waals surface area contributed by atoms with Crippen molar-refractivity contribution >= 4 is 0 Å². The molecule has 2 N–H and O–H groups in total. The van der Waals surface area contributed by atoms with Gasteiger partial charge in [0.2, 0.25) is 0 Å². The molecule has 0 fully saturated rings. The summed E-state index contributed by atoms with van der Waals surface area (Å²) >= 11 is 0. The van der Waals surface area contributed by atoms with Crippen molar-refractivity contribution in [3.63, 3.8) is 0 Å². The third-order valence-electron chi connectivity index (χ3n) is 3.84. The lowest BCUT2D eigenvalue weighted by Crippen LogP contribution is -2.37. The van der Waals surface area contributed by atoms with Crippen molar-refractivity contribution in [1.29, 1.82) is 0 Å². The van der Waals surface area contributed by atoms with Gasteiger partial charge in [0.1, 0.15) is 0 Å². The summed E-state index contributed by atoms with van der Waals surface area (Å²) in [4.78, 5) is 6.87. The monoisotopic (exact) mass is 283 g/mol. The summed E-state index contributed by atoms with van der Waals surface area (Å²) in [6, 6.07) is 14.9. The first kappa shape index (κ1) is 15.7. The molecule has 0 saturated carbocycles. The van der Waals surface area contributed by atoms with E-state index < -0.39 is 0 Å². The number of nitrogens with zero attached hydrogens (tertiary/aromatic N) is 2. The maximum atomic E-state index is 6.26. The fraction of sp³-hybridized carbons (Fsp3) is 0.389. The molecule has 0 aliphatic heterocycles. The molecule has 1 aromatic heterocycles. The van der Waals surface area contributed by atoms with Gasteiger partial charge in [-0.15, -0.1) is 0 Å². The molecular weight excluding hydrogens is 258 g/mol. The van der Waals surface area contributed by atoms with E-state index in [2.05, 4.69) is 67.2 Å². The molecule has 0 spiro atoms. The van der Waals surface area contributed by atoms with Gasteiger partial charge in [-0.3, -0.25) is 9.88 Å². The minimum Gasteiger partial charge on any atom is -0.326 e. The first-order chi connectivity index (χ1) is 9.99. The van der Waals surface area contributed by atoms with E-state index in [0.29, 0.717) is 0 Å². The number of aryl methyl sites for hydroxylation is 2. The Labute approximate surface area is 127 Å². The predicted octanol–water partition coefficient (Wildman–Crippen LogP) is 3.22. The largest absolute Gasteiger partial charge is 0.326 e. The average molecular weight is 283 g/mol. The van der Waals surface area contributed by atoms with E-state index >= 15 is 0 Å². The highest BCUT2D eigenvalue weighted by atomic mass is 15.2. The Kier molecular flexibility index (Phi) is 5.10. The predicted molar refractivity (Wildman–Crippen MR) is 88.0 cm³/mol. The van der Waals surface area contributed by atoms with Crippen LogP contribution in [0.4, 0.5) is 0 Å². The molecule has 0 aliphatic carbocycles. The number of benzene rings is 1.